The number of carbonyl (C=O) groups is 1. The van der Waals surface area contributed by atoms with E-state index in [0.717, 1.165) is 22.5 Å². The molecule has 0 unspecified atom stereocenters. The van der Waals surface area contributed by atoms with E-state index in [-0.39, 0.29) is 5.76 Å². The van der Waals surface area contributed by atoms with Crippen LogP contribution in [0.5, 0.6) is 0 Å². The summed E-state index contributed by atoms with van der Waals surface area (Å²) >= 11 is 6.14. The fraction of sp³-hybridized carbons (Fsp3) is 0.167. The van der Waals surface area contributed by atoms with Crippen LogP contribution in [0.1, 0.15) is 33.3 Å². The van der Waals surface area contributed by atoms with Gasteiger partial charge in [0.25, 0.3) is 5.91 Å². The molecule has 1 amide bonds. The Morgan fingerprint density at radius 3 is 2.72 bits per heavy atom. The monoisotopic (exact) mass is 354 g/mol. The molecule has 1 aromatic carbocycles. The zero-order valence-corrected chi connectivity index (χ0v) is 14.5. The van der Waals surface area contributed by atoms with E-state index in [4.69, 9.17) is 27.0 Å². The van der Waals surface area contributed by atoms with E-state index in [0.29, 0.717) is 22.9 Å². The number of amides is 1. The van der Waals surface area contributed by atoms with Crippen LogP contribution in [0.15, 0.2) is 34.7 Å². The van der Waals surface area contributed by atoms with E-state index >= 15 is 0 Å². The molecule has 3 aromatic rings. The third-order valence-corrected chi connectivity index (χ3v) is 4.28. The first-order valence-electron chi connectivity index (χ1n) is 7.53. The van der Waals surface area contributed by atoms with Gasteiger partial charge in [0.1, 0.15) is 11.8 Å². The molecule has 0 aliphatic heterocycles. The third kappa shape index (κ3) is 3.14. The van der Waals surface area contributed by atoms with Crippen LogP contribution >= 0.6 is 11.6 Å². The summed E-state index contributed by atoms with van der Waals surface area (Å²) < 4.78 is 7.21. The number of hydrogen-bond donors (Lipinski definition) is 1. The van der Waals surface area contributed by atoms with Crippen molar-refractivity contribution >= 4 is 17.5 Å². The van der Waals surface area contributed by atoms with Crippen LogP contribution in [0, 0.1) is 25.2 Å². The highest BCUT2D eigenvalue weighted by atomic mass is 35.5. The average molecular weight is 355 g/mol. The van der Waals surface area contributed by atoms with E-state index in [1.54, 1.807) is 28.9 Å². The average Bonchev–Trinajstić information content (AvgIpc) is 3.13. The number of nitrogens with zero attached hydrogens (tertiary/aromatic N) is 3. The van der Waals surface area contributed by atoms with E-state index in [1.165, 1.54) is 0 Å². The molecule has 0 aliphatic carbocycles. The molecule has 0 fully saturated rings. The number of aryl methyl sites for hydroxylation is 1. The lowest BCUT2D eigenvalue weighted by Gasteiger charge is -2.05. The standard InChI is InChI=1S/C18H15ClN4O2/c1-10-17(12-3-4-13(8-20)15(19)7-12)11(2)23(22-10)9-14-5-6-16(25-14)18(21)24/h3-7H,9H2,1-2H3,(H2,21,24). The van der Waals surface area contributed by atoms with Crippen molar-refractivity contribution in [2.24, 2.45) is 5.73 Å². The van der Waals surface area contributed by atoms with Crippen LogP contribution in [0.3, 0.4) is 0 Å². The second-order valence-electron chi connectivity index (χ2n) is 5.64. The van der Waals surface area contributed by atoms with Gasteiger partial charge < -0.3 is 10.2 Å². The van der Waals surface area contributed by atoms with Gasteiger partial charge >= 0.3 is 0 Å². The summed E-state index contributed by atoms with van der Waals surface area (Å²) in [6.07, 6.45) is 0. The molecule has 0 aliphatic rings. The molecule has 7 heteroatoms. The predicted octanol–water partition coefficient (Wildman–Crippen LogP) is 3.43. The van der Waals surface area contributed by atoms with Crippen LogP contribution in [0.4, 0.5) is 0 Å². The topological polar surface area (TPSA) is 97.8 Å². The molecular weight excluding hydrogens is 340 g/mol. The Bertz CT molecular complexity index is 1010. The molecule has 2 heterocycles. The molecule has 0 saturated heterocycles. The molecule has 0 radical (unpaired) electrons. The lowest BCUT2D eigenvalue weighted by atomic mass is 10.0. The van der Waals surface area contributed by atoms with Gasteiger partial charge in [-0.1, -0.05) is 17.7 Å². The Hall–Kier alpha value is -3.04. The molecule has 0 saturated carbocycles. The molecule has 3 rings (SSSR count). The van der Waals surface area contributed by atoms with Crippen molar-refractivity contribution in [1.29, 1.82) is 5.26 Å². The summed E-state index contributed by atoms with van der Waals surface area (Å²) in [6.45, 7) is 4.23. The minimum absolute atomic E-state index is 0.121. The number of primary amides is 1. The van der Waals surface area contributed by atoms with Gasteiger partial charge in [-0.2, -0.15) is 10.4 Å². The molecule has 25 heavy (non-hydrogen) atoms. The van der Waals surface area contributed by atoms with Gasteiger partial charge in [-0.15, -0.1) is 0 Å². The predicted molar refractivity (Wildman–Crippen MR) is 93.2 cm³/mol. The summed E-state index contributed by atoms with van der Waals surface area (Å²) in [5, 5.41) is 14.0. The number of carbonyl (C=O) groups excluding carboxylic acids is 1. The largest absolute Gasteiger partial charge is 0.454 e. The Morgan fingerprint density at radius 1 is 1.36 bits per heavy atom. The zero-order valence-electron chi connectivity index (χ0n) is 13.7. The molecule has 0 bridgehead atoms. The van der Waals surface area contributed by atoms with Crippen LogP contribution in [-0.4, -0.2) is 15.7 Å². The summed E-state index contributed by atoms with van der Waals surface area (Å²) in [7, 11) is 0. The number of nitrogens with two attached hydrogens (primary N) is 1. The summed E-state index contributed by atoms with van der Waals surface area (Å²) in [5.74, 6) is 0.104. The van der Waals surface area contributed by atoms with Crippen molar-refractivity contribution in [3.63, 3.8) is 0 Å². The molecular formula is C18H15ClN4O2. The van der Waals surface area contributed by atoms with Crippen LogP contribution in [0.2, 0.25) is 5.02 Å². The maximum absolute atomic E-state index is 11.1. The third-order valence-electron chi connectivity index (χ3n) is 3.97. The van der Waals surface area contributed by atoms with Gasteiger partial charge in [-0.3, -0.25) is 9.48 Å². The fourth-order valence-corrected chi connectivity index (χ4v) is 3.00. The Morgan fingerprint density at radius 2 is 2.12 bits per heavy atom. The smallest absolute Gasteiger partial charge is 0.284 e. The van der Waals surface area contributed by atoms with Crippen molar-refractivity contribution in [2.45, 2.75) is 20.4 Å². The lowest BCUT2D eigenvalue weighted by Crippen LogP contribution is -2.09. The fourth-order valence-electron chi connectivity index (χ4n) is 2.77. The van der Waals surface area contributed by atoms with E-state index < -0.39 is 5.91 Å². The van der Waals surface area contributed by atoms with Crippen molar-refractivity contribution in [1.82, 2.24) is 9.78 Å². The van der Waals surface area contributed by atoms with Gasteiger partial charge in [0.05, 0.1) is 22.8 Å². The second-order valence-corrected chi connectivity index (χ2v) is 6.05. The van der Waals surface area contributed by atoms with Crippen LogP contribution in [-0.2, 0) is 6.54 Å². The van der Waals surface area contributed by atoms with Crippen molar-refractivity contribution in [3.05, 3.63) is 63.8 Å². The highest BCUT2D eigenvalue weighted by Crippen LogP contribution is 2.30. The van der Waals surface area contributed by atoms with E-state index in [2.05, 4.69) is 5.10 Å². The highest BCUT2D eigenvalue weighted by molar-refractivity contribution is 6.32. The van der Waals surface area contributed by atoms with E-state index in [9.17, 15) is 4.79 Å². The Balaban J connectivity index is 1.97. The second kappa shape index (κ2) is 6.46. The molecule has 0 spiro atoms. The zero-order chi connectivity index (χ0) is 18.1. The lowest BCUT2D eigenvalue weighted by molar-refractivity contribution is 0.0972. The van der Waals surface area contributed by atoms with Crippen molar-refractivity contribution in [3.8, 4) is 17.2 Å². The van der Waals surface area contributed by atoms with Gasteiger partial charge in [0.15, 0.2) is 5.76 Å². The van der Waals surface area contributed by atoms with Crippen LogP contribution in [0.25, 0.3) is 11.1 Å². The summed E-state index contributed by atoms with van der Waals surface area (Å²) in [4.78, 5) is 11.1. The van der Waals surface area contributed by atoms with Crippen molar-refractivity contribution in [2.75, 3.05) is 0 Å². The Kier molecular flexibility index (Phi) is 4.34. The molecule has 2 N–H and O–H groups in total. The van der Waals surface area contributed by atoms with Crippen molar-refractivity contribution < 1.29 is 9.21 Å². The quantitative estimate of drug-likeness (QED) is 0.775. The summed E-state index contributed by atoms with van der Waals surface area (Å²) in [6, 6.07) is 10.6. The van der Waals surface area contributed by atoms with Gasteiger partial charge in [-0.05, 0) is 43.7 Å². The number of furan rings is 1. The minimum Gasteiger partial charge on any atom is -0.454 e. The van der Waals surface area contributed by atoms with E-state index in [1.807, 2.05) is 26.0 Å². The highest BCUT2D eigenvalue weighted by Gasteiger charge is 2.16. The summed E-state index contributed by atoms with van der Waals surface area (Å²) in [5.41, 5.74) is 9.24. The maximum Gasteiger partial charge on any atom is 0.284 e. The first-order valence-corrected chi connectivity index (χ1v) is 7.91. The maximum atomic E-state index is 11.1. The number of halogens is 1. The molecule has 2 aromatic heterocycles. The molecule has 0 atom stereocenters. The van der Waals surface area contributed by atoms with Crippen LogP contribution < -0.4 is 5.73 Å². The first-order chi connectivity index (χ1) is 11.9. The SMILES string of the molecule is Cc1nn(Cc2ccc(C(N)=O)o2)c(C)c1-c1ccc(C#N)c(Cl)c1. The van der Waals surface area contributed by atoms with Gasteiger partial charge in [-0.25, -0.2) is 0 Å². The normalized spacial score (nSPS) is 10.6. The molecule has 6 nitrogen and oxygen atoms in total. The number of nitriles is 1. The number of rotatable bonds is 4. The van der Waals surface area contributed by atoms with Gasteiger partial charge in [0.2, 0.25) is 0 Å². The number of hydrogen-bond acceptors (Lipinski definition) is 4. The number of benzene rings is 1. The van der Waals surface area contributed by atoms with Gasteiger partial charge in [0, 0.05) is 11.3 Å². The first kappa shape index (κ1) is 16.8. The number of aromatic nitrogens is 2. The minimum atomic E-state index is -0.604. The Labute approximate surface area is 149 Å². The molecule has 126 valence electrons.